The Morgan fingerprint density at radius 2 is 1.94 bits per heavy atom. The Labute approximate surface area is 199 Å². The van der Waals surface area contributed by atoms with Crippen LogP contribution in [-0.4, -0.2) is 42.6 Å². The van der Waals surface area contributed by atoms with E-state index in [-0.39, 0.29) is 17.8 Å². The van der Waals surface area contributed by atoms with Gasteiger partial charge in [0.05, 0.1) is 26.0 Å². The molecule has 3 aromatic rings. The number of ether oxygens (including phenoxy) is 2. The van der Waals surface area contributed by atoms with Crippen LogP contribution in [0.15, 0.2) is 53.1 Å². The minimum absolute atomic E-state index is 0.114. The summed E-state index contributed by atoms with van der Waals surface area (Å²) in [5.41, 5.74) is 1.54. The van der Waals surface area contributed by atoms with Gasteiger partial charge in [0.15, 0.2) is 23.1 Å². The van der Waals surface area contributed by atoms with Crippen LogP contribution in [0.1, 0.15) is 43.6 Å². The molecule has 1 unspecified atom stereocenters. The Bertz CT molecular complexity index is 1110. The number of hydrogen-bond acceptors (Lipinski definition) is 5. The average molecular weight is 467 g/mol. The van der Waals surface area contributed by atoms with Crippen molar-refractivity contribution in [3.05, 3.63) is 65.9 Å². The lowest BCUT2D eigenvalue weighted by atomic mass is 9.95. The molecule has 1 saturated heterocycles. The molecule has 2 aromatic carbocycles. The highest BCUT2D eigenvalue weighted by molar-refractivity contribution is 5.76. The fourth-order valence-corrected chi connectivity index (χ4v) is 4.57. The van der Waals surface area contributed by atoms with Gasteiger partial charge in [-0.05, 0) is 61.9 Å². The third kappa shape index (κ3) is 5.58. The molecule has 6 nitrogen and oxygen atoms in total. The predicted octanol–water partition coefficient (Wildman–Crippen LogP) is 5.44. The summed E-state index contributed by atoms with van der Waals surface area (Å²) in [6, 6.07) is 12.6. The lowest BCUT2D eigenvalue weighted by Gasteiger charge is -2.36. The highest BCUT2D eigenvalue weighted by atomic mass is 19.1. The van der Waals surface area contributed by atoms with Crippen molar-refractivity contribution < 1.29 is 23.1 Å². The van der Waals surface area contributed by atoms with Crippen molar-refractivity contribution in [1.29, 1.82) is 0 Å². The molecule has 0 bridgehead atoms. The smallest absolute Gasteiger partial charge is 0.223 e. The van der Waals surface area contributed by atoms with Crippen molar-refractivity contribution in [1.82, 2.24) is 9.88 Å². The number of likely N-dealkylation sites (tertiary alicyclic amines) is 1. The Kier molecular flexibility index (Phi) is 7.83. The first kappa shape index (κ1) is 23.8. The number of benzene rings is 2. The fourth-order valence-electron chi connectivity index (χ4n) is 4.57. The van der Waals surface area contributed by atoms with E-state index in [9.17, 15) is 9.18 Å². The number of carbonyl (C=O) groups is 1. The van der Waals surface area contributed by atoms with E-state index in [1.165, 1.54) is 12.3 Å². The van der Waals surface area contributed by atoms with Gasteiger partial charge in [0.2, 0.25) is 5.91 Å². The molecule has 0 saturated carbocycles. The number of aryl methyl sites for hydroxylation is 2. The van der Waals surface area contributed by atoms with Crippen molar-refractivity contribution >= 4 is 5.91 Å². The van der Waals surface area contributed by atoms with Gasteiger partial charge in [0.1, 0.15) is 5.82 Å². The van der Waals surface area contributed by atoms with Crippen LogP contribution in [0.4, 0.5) is 4.39 Å². The molecule has 34 heavy (non-hydrogen) atoms. The molecule has 0 spiro atoms. The molecular formula is C27H31FN2O4. The Morgan fingerprint density at radius 1 is 1.12 bits per heavy atom. The number of amides is 1. The number of nitrogens with zero attached hydrogens (tertiary/aromatic N) is 2. The van der Waals surface area contributed by atoms with Crippen molar-refractivity contribution in [3.63, 3.8) is 0 Å². The molecule has 0 aliphatic carbocycles. The maximum atomic E-state index is 14.0. The lowest BCUT2D eigenvalue weighted by molar-refractivity contribution is -0.135. The van der Waals surface area contributed by atoms with E-state index in [2.05, 4.69) is 4.98 Å². The van der Waals surface area contributed by atoms with Crippen LogP contribution in [0, 0.1) is 5.82 Å². The Morgan fingerprint density at radius 3 is 2.74 bits per heavy atom. The molecule has 1 fully saturated rings. The van der Waals surface area contributed by atoms with Crippen molar-refractivity contribution in [2.75, 3.05) is 20.8 Å². The van der Waals surface area contributed by atoms with E-state index in [1.54, 1.807) is 32.4 Å². The van der Waals surface area contributed by atoms with E-state index < -0.39 is 0 Å². The van der Waals surface area contributed by atoms with Crippen LogP contribution < -0.4 is 9.47 Å². The molecule has 2 heterocycles. The summed E-state index contributed by atoms with van der Waals surface area (Å²) in [6.45, 7) is 0.779. The molecule has 1 aliphatic rings. The second-order valence-corrected chi connectivity index (χ2v) is 8.56. The van der Waals surface area contributed by atoms with Crippen LogP contribution in [0.3, 0.4) is 0 Å². The summed E-state index contributed by atoms with van der Waals surface area (Å²) in [6.07, 6.45) is 7.16. The number of methoxy groups -OCH3 is 2. The number of rotatable bonds is 9. The summed E-state index contributed by atoms with van der Waals surface area (Å²) < 4.78 is 30.4. The van der Waals surface area contributed by atoms with E-state index in [4.69, 9.17) is 13.9 Å². The fraction of sp³-hybridized carbons (Fsp3) is 0.407. The molecule has 1 amide bonds. The van der Waals surface area contributed by atoms with Crippen molar-refractivity contribution in [2.45, 2.75) is 51.0 Å². The minimum Gasteiger partial charge on any atom is -0.493 e. The third-order valence-electron chi connectivity index (χ3n) is 6.41. The number of halogens is 1. The number of carbonyl (C=O) groups excluding carboxylic acids is 1. The number of piperidine rings is 1. The topological polar surface area (TPSA) is 64.8 Å². The van der Waals surface area contributed by atoms with Gasteiger partial charge in [-0.25, -0.2) is 9.37 Å². The van der Waals surface area contributed by atoms with Gasteiger partial charge in [-0.3, -0.25) is 4.79 Å². The van der Waals surface area contributed by atoms with Gasteiger partial charge in [-0.15, -0.1) is 0 Å². The third-order valence-corrected chi connectivity index (χ3v) is 6.41. The molecule has 4 rings (SSSR count). The summed E-state index contributed by atoms with van der Waals surface area (Å²) in [7, 11) is 3.26. The normalized spacial score (nSPS) is 15.9. The van der Waals surface area contributed by atoms with E-state index >= 15 is 0 Å². The highest BCUT2D eigenvalue weighted by Crippen LogP contribution is 2.29. The molecule has 1 aromatic heterocycles. The van der Waals surface area contributed by atoms with Crippen LogP contribution in [0.25, 0.3) is 11.3 Å². The van der Waals surface area contributed by atoms with Gasteiger partial charge in [-0.1, -0.05) is 18.2 Å². The van der Waals surface area contributed by atoms with Gasteiger partial charge in [0.25, 0.3) is 0 Å². The zero-order chi connectivity index (χ0) is 23.9. The van der Waals surface area contributed by atoms with E-state index in [1.807, 2.05) is 23.1 Å². The first-order chi connectivity index (χ1) is 16.6. The monoisotopic (exact) mass is 466 g/mol. The van der Waals surface area contributed by atoms with Gasteiger partial charge < -0.3 is 18.8 Å². The van der Waals surface area contributed by atoms with Gasteiger partial charge in [0, 0.05) is 25.4 Å². The second kappa shape index (κ2) is 11.2. The standard InChI is InChI=1S/C27H31FN2O4/c1-32-23-13-11-19(17-24(23)33-2)10-12-20-7-5-6-16-30(20)27(31)15-14-26-29-18-25(34-26)21-8-3-4-9-22(21)28/h3-4,8-9,11,13,17-18,20H,5-7,10,12,14-16H2,1-2H3. The summed E-state index contributed by atoms with van der Waals surface area (Å²) >= 11 is 0. The summed E-state index contributed by atoms with van der Waals surface area (Å²) in [5.74, 6) is 2.02. The minimum atomic E-state index is -0.355. The maximum absolute atomic E-state index is 14.0. The zero-order valence-electron chi connectivity index (χ0n) is 19.8. The zero-order valence-corrected chi connectivity index (χ0v) is 19.8. The SMILES string of the molecule is COc1ccc(CCC2CCCCN2C(=O)CCc2ncc(-c3ccccc3F)o2)cc1OC. The van der Waals surface area contributed by atoms with E-state index in [0.717, 1.165) is 50.0 Å². The molecule has 180 valence electrons. The van der Waals surface area contributed by atoms with Gasteiger partial charge >= 0.3 is 0 Å². The van der Waals surface area contributed by atoms with Crippen LogP contribution >= 0.6 is 0 Å². The predicted molar refractivity (Wildman–Crippen MR) is 127 cm³/mol. The van der Waals surface area contributed by atoms with Crippen LogP contribution in [0.5, 0.6) is 11.5 Å². The van der Waals surface area contributed by atoms with Crippen molar-refractivity contribution in [3.8, 4) is 22.8 Å². The first-order valence-corrected chi connectivity index (χ1v) is 11.8. The van der Waals surface area contributed by atoms with Gasteiger partial charge in [-0.2, -0.15) is 0 Å². The van der Waals surface area contributed by atoms with Crippen LogP contribution in [0.2, 0.25) is 0 Å². The molecule has 0 N–H and O–H groups in total. The molecule has 1 atom stereocenters. The number of hydrogen-bond donors (Lipinski definition) is 0. The quantitative estimate of drug-likeness (QED) is 0.420. The lowest BCUT2D eigenvalue weighted by Crippen LogP contribution is -2.44. The molecule has 0 radical (unpaired) electrons. The van der Waals surface area contributed by atoms with Crippen molar-refractivity contribution in [2.24, 2.45) is 0 Å². The number of aromatic nitrogens is 1. The first-order valence-electron chi connectivity index (χ1n) is 11.8. The maximum Gasteiger partial charge on any atom is 0.223 e. The average Bonchev–Trinajstić information content (AvgIpc) is 3.35. The summed E-state index contributed by atoms with van der Waals surface area (Å²) in [4.78, 5) is 19.3. The molecule has 1 aliphatic heterocycles. The molecule has 7 heteroatoms. The van der Waals surface area contributed by atoms with Crippen LogP contribution in [-0.2, 0) is 17.6 Å². The second-order valence-electron chi connectivity index (χ2n) is 8.56. The Balaban J connectivity index is 1.34. The van der Waals surface area contributed by atoms with E-state index in [0.29, 0.717) is 35.8 Å². The molecular weight excluding hydrogens is 435 g/mol. The number of oxazole rings is 1. The largest absolute Gasteiger partial charge is 0.493 e. The highest BCUT2D eigenvalue weighted by Gasteiger charge is 2.26. The summed E-state index contributed by atoms with van der Waals surface area (Å²) in [5, 5.41) is 0. The Hall–Kier alpha value is -3.35.